The Hall–Kier alpha value is -3.07. The number of carbonyl (C=O) groups excluding carboxylic acids is 1. The number of hydrogen-bond donors (Lipinski definition) is 0. The molecule has 4 rings (SSSR count). The number of aromatic nitrogens is 1. The van der Waals surface area contributed by atoms with Crippen molar-refractivity contribution in [3.05, 3.63) is 47.8 Å². The number of nitrogens with zero attached hydrogens (tertiary/aromatic N) is 4. The van der Waals surface area contributed by atoms with Gasteiger partial charge in [-0.25, -0.2) is 0 Å². The first-order valence-corrected chi connectivity index (χ1v) is 8.96. The molecule has 0 spiro atoms. The van der Waals surface area contributed by atoms with Gasteiger partial charge in [0.05, 0.1) is 29.6 Å². The van der Waals surface area contributed by atoms with Crippen molar-refractivity contribution < 1.29 is 9.53 Å². The van der Waals surface area contributed by atoms with E-state index in [1.54, 1.807) is 23.4 Å². The molecule has 0 saturated carbocycles. The molecule has 2 aromatic rings. The fourth-order valence-electron chi connectivity index (χ4n) is 3.58. The molecule has 6 nitrogen and oxygen atoms in total. The van der Waals surface area contributed by atoms with Gasteiger partial charge in [0.15, 0.2) is 0 Å². The summed E-state index contributed by atoms with van der Waals surface area (Å²) in [5.41, 5.74) is 2.58. The fourth-order valence-corrected chi connectivity index (χ4v) is 3.58. The molecule has 0 bridgehead atoms. The Labute approximate surface area is 152 Å². The van der Waals surface area contributed by atoms with E-state index in [2.05, 4.69) is 16.0 Å². The fraction of sp³-hybridized carbons (Fsp3) is 0.350. The van der Waals surface area contributed by atoms with Crippen molar-refractivity contribution in [3.63, 3.8) is 0 Å². The molecule has 1 amide bonds. The number of pyridine rings is 1. The number of ether oxygens (including phenoxy) is 1. The average Bonchev–Trinajstić information content (AvgIpc) is 2.87. The highest BCUT2D eigenvalue weighted by Crippen LogP contribution is 2.32. The summed E-state index contributed by atoms with van der Waals surface area (Å²) in [6.07, 6.45) is 6.78. The SMILES string of the molecule is N#Cc1ccncc1N1CCOc2cc(N3CCCCC3)ccc2C1=O. The molecule has 132 valence electrons. The topological polar surface area (TPSA) is 69.5 Å². The first kappa shape index (κ1) is 16.4. The summed E-state index contributed by atoms with van der Waals surface area (Å²) >= 11 is 0. The molecule has 0 radical (unpaired) electrons. The van der Waals surface area contributed by atoms with Crippen LogP contribution in [0.15, 0.2) is 36.7 Å². The van der Waals surface area contributed by atoms with Crippen LogP contribution in [0, 0.1) is 11.3 Å². The Morgan fingerprint density at radius 3 is 2.77 bits per heavy atom. The van der Waals surface area contributed by atoms with Crippen molar-refractivity contribution in [1.82, 2.24) is 4.98 Å². The van der Waals surface area contributed by atoms with E-state index in [4.69, 9.17) is 4.74 Å². The molecule has 1 aromatic heterocycles. The molecule has 1 fully saturated rings. The van der Waals surface area contributed by atoms with E-state index in [1.165, 1.54) is 19.3 Å². The van der Waals surface area contributed by atoms with Gasteiger partial charge in [-0.05, 0) is 37.5 Å². The molecule has 1 saturated heterocycles. The molecule has 26 heavy (non-hydrogen) atoms. The van der Waals surface area contributed by atoms with Crippen LogP contribution in [0.25, 0.3) is 0 Å². The standard InChI is InChI=1S/C20H20N4O2/c21-13-15-6-7-22-14-18(15)24-10-11-26-19-12-16(4-5-17(19)20(24)25)23-8-2-1-3-9-23/h4-7,12,14H,1-3,8-11H2. The van der Waals surface area contributed by atoms with E-state index < -0.39 is 0 Å². The van der Waals surface area contributed by atoms with Gasteiger partial charge < -0.3 is 14.5 Å². The van der Waals surface area contributed by atoms with E-state index in [0.29, 0.717) is 35.7 Å². The minimum absolute atomic E-state index is 0.160. The zero-order valence-corrected chi connectivity index (χ0v) is 14.5. The Morgan fingerprint density at radius 1 is 1.12 bits per heavy atom. The Kier molecular flexibility index (Phi) is 4.44. The van der Waals surface area contributed by atoms with Crippen LogP contribution in [0.3, 0.4) is 0 Å². The molecule has 2 aliphatic rings. The van der Waals surface area contributed by atoms with Gasteiger partial charge in [0.1, 0.15) is 18.4 Å². The summed E-state index contributed by atoms with van der Waals surface area (Å²) in [4.78, 5) is 21.1. The van der Waals surface area contributed by atoms with Gasteiger partial charge in [-0.3, -0.25) is 9.78 Å². The molecule has 3 heterocycles. The van der Waals surface area contributed by atoms with Gasteiger partial charge in [0, 0.05) is 31.0 Å². The maximum absolute atomic E-state index is 13.1. The van der Waals surface area contributed by atoms with Crippen LogP contribution in [-0.2, 0) is 0 Å². The Balaban J connectivity index is 1.67. The van der Waals surface area contributed by atoms with Crippen LogP contribution >= 0.6 is 0 Å². The van der Waals surface area contributed by atoms with Crippen molar-refractivity contribution in [2.45, 2.75) is 19.3 Å². The van der Waals surface area contributed by atoms with Crippen LogP contribution in [0.5, 0.6) is 5.75 Å². The normalized spacial score (nSPS) is 17.1. The number of piperidine rings is 1. The number of carbonyl (C=O) groups is 1. The van der Waals surface area contributed by atoms with Crippen molar-refractivity contribution in [2.75, 3.05) is 36.0 Å². The van der Waals surface area contributed by atoms with Gasteiger partial charge in [0.25, 0.3) is 5.91 Å². The zero-order valence-electron chi connectivity index (χ0n) is 14.5. The van der Waals surface area contributed by atoms with Gasteiger partial charge in [0.2, 0.25) is 0 Å². The number of fused-ring (bicyclic) bond motifs is 1. The first-order valence-electron chi connectivity index (χ1n) is 8.96. The van der Waals surface area contributed by atoms with Crippen LogP contribution in [0.1, 0.15) is 35.2 Å². The van der Waals surface area contributed by atoms with Gasteiger partial charge in [-0.15, -0.1) is 0 Å². The average molecular weight is 348 g/mol. The Bertz CT molecular complexity index is 868. The third-order valence-electron chi connectivity index (χ3n) is 4.95. The molecular formula is C20H20N4O2. The van der Waals surface area contributed by atoms with Crippen LogP contribution in [0.4, 0.5) is 11.4 Å². The molecule has 0 atom stereocenters. The van der Waals surface area contributed by atoms with Crippen molar-refractivity contribution in [2.24, 2.45) is 0 Å². The van der Waals surface area contributed by atoms with Crippen molar-refractivity contribution in [3.8, 4) is 11.8 Å². The number of benzene rings is 1. The van der Waals surface area contributed by atoms with Crippen LogP contribution < -0.4 is 14.5 Å². The van der Waals surface area contributed by atoms with E-state index in [1.807, 2.05) is 18.2 Å². The number of anilines is 2. The maximum atomic E-state index is 13.1. The lowest BCUT2D eigenvalue weighted by molar-refractivity contribution is 0.0989. The molecule has 0 unspecified atom stereocenters. The quantitative estimate of drug-likeness (QED) is 0.834. The lowest BCUT2D eigenvalue weighted by Crippen LogP contribution is -2.33. The lowest BCUT2D eigenvalue weighted by Gasteiger charge is -2.29. The predicted octanol–water partition coefficient (Wildman–Crippen LogP) is 2.98. The third kappa shape index (κ3) is 2.97. The lowest BCUT2D eigenvalue weighted by atomic mass is 10.1. The summed E-state index contributed by atoms with van der Waals surface area (Å²) in [6.45, 7) is 2.84. The van der Waals surface area contributed by atoms with Gasteiger partial charge >= 0.3 is 0 Å². The molecule has 0 N–H and O–H groups in total. The summed E-state index contributed by atoms with van der Waals surface area (Å²) < 4.78 is 5.88. The van der Waals surface area contributed by atoms with Crippen LogP contribution in [0.2, 0.25) is 0 Å². The molecule has 6 heteroatoms. The van der Waals surface area contributed by atoms with E-state index in [0.717, 1.165) is 18.8 Å². The van der Waals surface area contributed by atoms with Crippen molar-refractivity contribution >= 4 is 17.3 Å². The maximum Gasteiger partial charge on any atom is 0.262 e. The number of hydrogen-bond acceptors (Lipinski definition) is 5. The summed E-state index contributed by atoms with van der Waals surface area (Å²) in [7, 11) is 0. The second-order valence-electron chi connectivity index (χ2n) is 6.54. The molecule has 1 aromatic carbocycles. The van der Waals surface area contributed by atoms with E-state index in [9.17, 15) is 10.1 Å². The van der Waals surface area contributed by atoms with Crippen molar-refractivity contribution in [1.29, 1.82) is 5.26 Å². The summed E-state index contributed by atoms with van der Waals surface area (Å²) in [5, 5.41) is 9.33. The molecule has 0 aliphatic carbocycles. The Morgan fingerprint density at radius 2 is 1.96 bits per heavy atom. The highest BCUT2D eigenvalue weighted by atomic mass is 16.5. The first-order chi connectivity index (χ1) is 12.8. The monoisotopic (exact) mass is 348 g/mol. The largest absolute Gasteiger partial charge is 0.491 e. The van der Waals surface area contributed by atoms with E-state index >= 15 is 0 Å². The second-order valence-corrected chi connectivity index (χ2v) is 6.54. The van der Waals surface area contributed by atoms with E-state index in [-0.39, 0.29) is 5.91 Å². The molecule has 2 aliphatic heterocycles. The van der Waals surface area contributed by atoms with Crippen LogP contribution in [-0.4, -0.2) is 37.1 Å². The zero-order chi connectivity index (χ0) is 17.9. The summed E-state index contributed by atoms with van der Waals surface area (Å²) in [5.74, 6) is 0.454. The number of nitriles is 1. The van der Waals surface area contributed by atoms with Gasteiger partial charge in [-0.1, -0.05) is 0 Å². The minimum atomic E-state index is -0.160. The third-order valence-corrected chi connectivity index (χ3v) is 4.95. The number of amides is 1. The molecular weight excluding hydrogens is 328 g/mol. The smallest absolute Gasteiger partial charge is 0.262 e. The number of rotatable bonds is 2. The highest BCUT2D eigenvalue weighted by Gasteiger charge is 2.27. The highest BCUT2D eigenvalue weighted by molar-refractivity contribution is 6.09. The second kappa shape index (κ2) is 7.04. The summed E-state index contributed by atoms with van der Waals surface area (Å²) in [6, 6.07) is 9.54. The minimum Gasteiger partial charge on any atom is -0.491 e. The predicted molar refractivity (Wildman–Crippen MR) is 98.6 cm³/mol. The van der Waals surface area contributed by atoms with Gasteiger partial charge in [-0.2, -0.15) is 5.26 Å².